The van der Waals surface area contributed by atoms with Gasteiger partial charge in [-0.2, -0.15) is 13.2 Å². The minimum absolute atomic E-state index is 0.0305. The number of rotatable bonds is 4. The van der Waals surface area contributed by atoms with Gasteiger partial charge < -0.3 is 4.74 Å². The number of hydrogen-bond acceptors (Lipinski definition) is 6. The SMILES string of the molecule is O=C1c2ccc(COC(=O)C34CC5CC(C3)C3(OOC36C3CC7CC(C3)CC6C7)C(C5)C4)cc2C(=O)N1c1ccc(C(F)(F)F)cc1. The van der Waals surface area contributed by atoms with Crippen LogP contribution in [0.25, 0.3) is 0 Å². The highest BCUT2D eigenvalue weighted by Gasteiger charge is 2.82. The lowest BCUT2D eigenvalue weighted by Gasteiger charge is -2.77. The lowest BCUT2D eigenvalue weighted by molar-refractivity contribution is -0.615. The Morgan fingerprint density at radius 2 is 1.32 bits per heavy atom. The molecule has 2 aromatic carbocycles. The molecule has 2 heterocycles. The number of imide groups is 1. The van der Waals surface area contributed by atoms with Gasteiger partial charge in [-0.1, -0.05) is 6.07 Å². The van der Waals surface area contributed by atoms with Crippen LogP contribution >= 0.6 is 0 Å². The van der Waals surface area contributed by atoms with E-state index in [0.717, 1.165) is 73.1 Å². The highest BCUT2D eigenvalue weighted by molar-refractivity contribution is 6.34. The smallest absolute Gasteiger partial charge is 0.416 e. The minimum Gasteiger partial charge on any atom is -0.460 e. The van der Waals surface area contributed by atoms with Crippen molar-refractivity contribution < 1.29 is 42.1 Å². The molecular weight excluding hydrogens is 611 g/mol. The molecule has 0 radical (unpaired) electrons. The quantitative estimate of drug-likeness (QED) is 0.197. The maximum atomic E-state index is 14.0. The number of esters is 1. The number of ether oxygens (including phenoxy) is 1. The van der Waals surface area contributed by atoms with Crippen LogP contribution in [-0.4, -0.2) is 29.0 Å². The van der Waals surface area contributed by atoms with E-state index in [1.165, 1.54) is 38.2 Å². The van der Waals surface area contributed by atoms with Crippen LogP contribution in [0.3, 0.4) is 0 Å². The third-order valence-electron chi connectivity index (χ3n) is 13.9. The van der Waals surface area contributed by atoms with E-state index in [0.29, 0.717) is 23.3 Å². The van der Waals surface area contributed by atoms with Crippen LogP contribution in [0.1, 0.15) is 96.1 Å². The number of halogens is 3. The van der Waals surface area contributed by atoms with Crippen LogP contribution in [0.2, 0.25) is 0 Å². The fraction of sp³-hybridized carbons (Fsp3) is 0.595. The fourth-order valence-electron chi connectivity index (χ4n) is 12.6. The maximum absolute atomic E-state index is 14.0. The molecule has 8 saturated carbocycles. The number of hydrogen-bond donors (Lipinski definition) is 0. The molecule has 10 heteroatoms. The molecule has 47 heavy (non-hydrogen) atoms. The Labute approximate surface area is 270 Å². The highest BCUT2D eigenvalue weighted by Crippen LogP contribution is 2.77. The minimum atomic E-state index is -4.53. The van der Waals surface area contributed by atoms with Crippen LogP contribution in [0.5, 0.6) is 0 Å². The summed E-state index contributed by atoms with van der Waals surface area (Å²) in [4.78, 5) is 54.0. The first kappa shape index (κ1) is 28.7. The lowest BCUT2D eigenvalue weighted by Crippen LogP contribution is -2.85. The Kier molecular flexibility index (Phi) is 5.66. The molecule has 246 valence electrons. The normalized spacial score (nSPS) is 42.0. The Bertz CT molecular complexity index is 1690. The standard InChI is InChI=1S/C37H36F3NO6/c38-37(39,40)23-2-4-28(5-3-23)41-31(42)29-6-1-19(14-30(29)32(41)43)18-45-33(44)34-15-22-12-26(16-34)36(27(13-22)17-34)35(46-47-36)24-8-20-7-21(10-24)11-25(35)9-20/h1-6,14,20-22,24-27H,7-13,15-18H2. The first-order valence-corrected chi connectivity index (χ1v) is 17.2. The first-order chi connectivity index (χ1) is 22.5. The average molecular weight is 648 g/mol. The van der Waals surface area contributed by atoms with Gasteiger partial charge in [-0.25, -0.2) is 14.7 Å². The molecule has 2 aromatic rings. The molecule has 8 aliphatic carbocycles. The van der Waals surface area contributed by atoms with Gasteiger partial charge in [-0.05, 0) is 148 Å². The number of alkyl halides is 3. The summed E-state index contributed by atoms with van der Waals surface area (Å²) in [5.74, 6) is 2.44. The second-order valence-corrected chi connectivity index (χ2v) is 16.1. The number of carbonyl (C=O) groups is 3. The molecule has 2 spiro atoms. The lowest BCUT2D eigenvalue weighted by atomic mass is 9.35. The van der Waals surface area contributed by atoms with Crippen LogP contribution in [0.4, 0.5) is 18.9 Å². The molecule has 12 rings (SSSR count). The van der Waals surface area contributed by atoms with Gasteiger partial charge in [0.25, 0.3) is 11.8 Å². The highest BCUT2D eigenvalue weighted by atomic mass is 19.4. The molecule has 0 N–H and O–H groups in total. The molecule has 9 fully saturated rings. The van der Waals surface area contributed by atoms with Gasteiger partial charge in [-0.15, -0.1) is 0 Å². The van der Waals surface area contributed by atoms with Gasteiger partial charge in [0.05, 0.1) is 27.8 Å². The van der Waals surface area contributed by atoms with Crippen molar-refractivity contribution in [2.24, 2.45) is 46.8 Å². The van der Waals surface area contributed by atoms with E-state index in [9.17, 15) is 27.6 Å². The van der Waals surface area contributed by atoms with Crippen LogP contribution in [0.15, 0.2) is 42.5 Å². The molecular formula is C37H36F3NO6. The molecule has 1 saturated heterocycles. The van der Waals surface area contributed by atoms with Gasteiger partial charge in [-0.3, -0.25) is 14.4 Å². The van der Waals surface area contributed by atoms with E-state index in [1.54, 1.807) is 12.1 Å². The number of nitrogens with zero attached hydrogens (tertiary/aromatic N) is 1. The molecule has 2 aliphatic heterocycles. The Morgan fingerprint density at radius 3 is 1.91 bits per heavy atom. The van der Waals surface area contributed by atoms with Crippen molar-refractivity contribution in [3.8, 4) is 0 Å². The summed E-state index contributed by atoms with van der Waals surface area (Å²) < 4.78 is 45.1. The molecule has 8 bridgehead atoms. The number of anilines is 1. The van der Waals surface area contributed by atoms with Crippen molar-refractivity contribution in [3.05, 3.63) is 64.7 Å². The summed E-state index contributed by atoms with van der Waals surface area (Å²) in [5, 5.41) is 0. The van der Waals surface area contributed by atoms with Gasteiger partial charge in [0, 0.05) is 0 Å². The van der Waals surface area contributed by atoms with Crippen molar-refractivity contribution in [2.45, 2.75) is 88.2 Å². The van der Waals surface area contributed by atoms with E-state index >= 15 is 0 Å². The van der Waals surface area contributed by atoms with E-state index in [2.05, 4.69) is 0 Å². The zero-order valence-electron chi connectivity index (χ0n) is 25.9. The largest absolute Gasteiger partial charge is 0.460 e. The van der Waals surface area contributed by atoms with E-state index < -0.39 is 29.0 Å². The Morgan fingerprint density at radius 1 is 0.745 bits per heavy atom. The van der Waals surface area contributed by atoms with Crippen LogP contribution in [0, 0.1) is 46.8 Å². The predicted octanol–water partition coefficient (Wildman–Crippen LogP) is 7.27. The van der Waals surface area contributed by atoms with Crippen molar-refractivity contribution in [3.63, 3.8) is 0 Å². The Balaban J connectivity index is 0.859. The number of benzene rings is 2. The second kappa shape index (κ2) is 9.26. The van der Waals surface area contributed by atoms with Gasteiger partial charge in [0.1, 0.15) is 17.8 Å². The van der Waals surface area contributed by atoms with Crippen molar-refractivity contribution in [1.29, 1.82) is 0 Å². The zero-order chi connectivity index (χ0) is 32.1. The van der Waals surface area contributed by atoms with Crippen LogP contribution < -0.4 is 4.90 Å². The van der Waals surface area contributed by atoms with E-state index in [1.807, 2.05) is 0 Å². The summed E-state index contributed by atoms with van der Waals surface area (Å²) >= 11 is 0. The predicted molar refractivity (Wildman–Crippen MR) is 159 cm³/mol. The first-order valence-electron chi connectivity index (χ1n) is 17.2. The zero-order valence-corrected chi connectivity index (χ0v) is 25.9. The Hall–Kier alpha value is -3.24. The summed E-state index contributed by atoms with van der Waals surface area (Å²) in [7, 11) is 0. The molecule has 2 atom stereocenters. The number of fused-ring (bicyclic) bond motifs is 1. The average Bonchev–Trinajstić information content (AvgIpc) is 3.26. The second-order valence-electron chi connectivity index (χ2n) is 16.1. The van der Waals surface area contributed by atoms with Crippen molar-refractivity contribution in [1.82, 2.24) is 0 Å². The fourth-order valence-corrected chi connectivity index (χ4v) is 12.6. The van der Waals surface area contributed by atoms with Crippen molar-refractivity contribution >= 4 is 23.5 Å². The van der Waals surface area contributed by atoms with Crippen LogP contribution in [-0.2, 0) is 32.1 Å². The number of carbonyl (C=O) groups excluding carboxylic acids is 3. The molecule has 10 aliphatic rings. The molecule has 0 aromatic heterocycles. The van der Waals surface area contributed by atoms with E-state index in [-0.39, 0.29) is 52.4 Å². The van der Waals surface area contributed by atoms with Crippen molar-refractivity contribution in [2.75, 3.05) is 4.90 Å². The van der Waals surface area contributed by atoms with Gasteiger partial charge in [0.2, 0.25) is 0 Å². The monoisotopic (exact) mass is 647 g/mol. The third-order valence-corrected chi connectivity index (χ3v) is 13.9. The summed E-state index contributed by atoms with van der Waals surface area (Å²) in [6, 6.07) is 8.68. The molecule has 7 nitrogen and oxygen atoms in total. The van der Waals surface area contributed by atoms with Gasteiger partial charge >= 0.3 is 12.1 Å². The summed E-state index contributed by atoms with van der Waals surface area (Å²) in [5.41, 5.74) is -0.919. The summed E-state index contributed by atoms with van der Waals surface area (Å²) in [6.07, 6.45) is 6.39. The molecule has 2 amide bonds. The number of amides is 2. The summed E-state index contributed by atoms with van der Waals surface area (Å²) in [6.45, 7) is -0.0305. The van der Waals surface area contributed by atoms with Gasteiger partial charge in [0.15, 0.2) is 0 Å². The topological polar surface area (TPSA) is 82.1 Å². The molecule has 2 unspecified atom stereocenters. The maximum Gasteiger partial charge on any atom is 0.416 e. The van der Waals surface area contributed by atoms with E-state index in [4.69, 9.17) is 14.5 Å². The third kappa shape index (κ3) is 3.64.